The van der Waals surface area contributed by atoms with Crippen LogP contribution in [0.15, 0.2) is 66.9 Å². The van der Waals surface area contributed by atoms with E-state index in [1.807, 2.05) is 32.0 Å². The number of hydrogen-bond donors (Lipinski definition) is 3. The summed E-state index contributed by atoms with van der Waals surface area (Å²) in [6, 6.07) is 17.0. The Kier molecular flexibility index (Phi) is 11.0. The summed E-state index contributed by atoms with van der Waals surface area (Å²) >= 11 is 0. The maximum atomic E-state index is 15.0. The molecule has 2 amide bonds. The van der Waals surface area contributed by atoms with Crippen LogP contribution in [0.3, 0.4) is 0 Å². The first-order chi connectivity index (χ1) is 22.6. The number of likely N-dealkylation sites (N-methyl/N-ethyl adjacent to an activating group) is 1. The van der Waals surface area contributed by atoms with Crippen LogP contribution in [0, 0.1) is 19.7 Å². The Hall–Kier alpha value is -5.07. The number of aromatic nitrogens is 2. The molecule has 246 valence electrons. The van der Waals surface area contributed by atoms with Crippen molar-refractivity contribution in [2.75, 3.05) is 62.3 Å². The van der Waals surface area contributed by atoms with Crippen LogP contribution in [0.1, 0.15) is 34.8 Å². The molecule has 3 N–H and O–H groups in total. The standard InChI is InChI=1S/C35H40FN7O4/c1-23-8-5-9-24(2)32(23)40-33(45)29-22-37-35(41-34(29)47-28-11-6-10-26(20-28)38-25(3)44)39-27-12-13-31(30(36)21-27)46-19-7-14-43-17-15-42(4)16-18-43/h5-6,8-13,20-22H,7,14-19H2,1-4H3,(H,38,44)(H,40,45)(H,37,39,41). The molecular formula is C35H40FN7O4. The van der Waals surface area contributed by atoms with Gasteiger partial charge in [-0.25, -0.2) is 9.37 Å². The van der Waals surface area contributed by atoms with Crippen molar-refractivity contribution in [1.82, 2.24) is 19.8 Å². The van der Waals surface area contributed by atoms with Crippen molar-refractivity contribution in [1.29, 1.82) is 0 Å². The zero-order valence-electron chi connectivity index (χ0n) is 27.1. The summed E-state index contributed by atoms with van der Waals surface area (Å²) < 4.78 is 26.8. The molecule has 12 heteroatoms. The lowest BCUT2D eigenvalue weighted by Gasteiger charge is -2.32. The predicted octanol–water partition coefficient (Wildman–Crippen LogP) is 6.00. The van der Waals surface area contributed by atoms with Crippen molar-refractivity contribution < 1.29 is 23.5 Å². The lowest BCUT2D eigenvalue weighted by atomic mass is 10.1. The van der Waals surface area contributed by atoms with E-state index in [0.29, 0.717) is 29.4 Å². The second-order valence-electron chi connectivity index (χ2n) is 11.6. The lowest BCUT2D eigenvalue weighted by Crippen LogP contribution is -2.44. The van der Waals surface area contributed by atoms with Crippen molar-refractivity contribution in [2.24, 2.45) is 0 Å². The van der Waals surface area contributed by atoms with E-state index in [1.165, 1.54) is 19.2 Å². The molecule has 47 heavy (non-hydrogen) atoms. The highest BCUT2D eigenvalue weighted by Crippen LogP contribution is 2.30. The number of carbonyl (C=O) groups is 2. The van der Waals surface area contributed by atoms with Crippen LogP contribution in [-0.4, -0.2) is 78.0 Å². The molecule has 11 nitrogen and oxygen atoms in total. The molecule has 1 saturated heterocycles. The molecule has 1 aliphatic rings. The summed E-state index contributed by atoms with van der Waals surface area (Å²) in [6.07, 6.45) is 2.15. The molecule has 3 aromatic carbocycles. The van der Waals surface area contributed by atoms with Gasteiger partial charge >= 0.3 is 0 Å². The summed E-state index contributed by atoms with van der Waals surface area (Å²) in [5, 5.41) is 8.63. The van der Waals surface area contributed by atoms with Gasteiger partial charge in [0.25, 0.3) is 5.91 Å². The Balaban J connectivity index is 1.31. The van der Waals surface area contributed by atoms with Crippen LogP contribution >= 0.6 is 0 Å². The van der Waals surface area contributed by atoms with Crippen LogP contribution in [0.25, 0.3) is 0 Å². The Bertz CT molecular complexity index is 1710. The third kappa shape index (κ3) is 9.24. The van der Waals surface area contributed by atoms with Gasteiger partial charge in [0.1, 0.15) is 11.3 Å². The van der Waals surface area contributed by atoms with Crippen LogP contribution < -0.4 is 25.4 Å². The maximum absolute atomic E-state index is 15.0. The zero-order valence-corrected chi connectivity index (χ0v) is 27.1. The quantitative estimate of drug-likeness (QED) is 0.160. The normalized spacial score (nSPS) is 13.6. The first-order valence-electron chi connectivity index (χ1n) is 15.5. The van der Waals surface area contributed by atoms with E-state index in [2.05, 4.69) is 42.8 Å². The SMILES string of the molecule is CC(=O)Nc1cccc(Oc2nc(Nc3ccc(OCCCN4CCN(C)CC4)c(F)c3)ncc2C(=O)Nc2c(C)cccc2C)c1. The Morgan fingerprint density at radius 2 is 1.68 bits per heavy atom. The molecular weight excluding hydrogens is 601 g/mol. The highest BCUT2D eigenvalue weighted by Gasteiger charge is 2.20. The van der Waals surface area contributed by atoms with Crippen LogP contribution in [0.4, 0.5) is 27.4 Å². The lowest BCUT2D eigenvalue weighted by molar-refractivity contribution is -0.114. The fraction of sp³-hybridized carbons (Fsp3) is 0.314. The number of nitrogens with one attached hydrogen (secondary N) is 3. The average molecular weight is 642 g/mol. The topological polar surface area (TPSA) is 121 Å². The monoisotopic (exact) mass is 641 g/mol. The van der Waals surface area contributed by atoms with E-state index in [4.69, 9.17) is 9.47 Å². The summed E-state index contributed by atoms with van der Waals surface area (Å²) in [5.41, 5.74) is 3.45. The molecule has 0 bridgehead atoms. The van der Waals surface area contributed by atoms with Gasteiger partial charge in [0.15, 0.2) is 11.6 Å². The van der Waals surface area contributed by atoms with Crippen molar-refractivity contribution >= 4 is 34.8 Å². The number of anilines is 4. The average Bonchev–Trinajstić information content (AvgIpc) is 3.03. The molecule has 1 fully saturated rings. The van der Waals surface area contributed by atoms with E-state index in [0.717, 1.165) is 50.3 Å². The number of hydrogen-bond acceptors (Lipinski definition) is 9. The molecule has 0 unspecified atom stereocenters. The molecule has 0 aliphatic carbocycles. The third-order valence-corrected chi connectivity index (χ3v) is 7.75. The van der Waals surface area contributed by atoms with E-state index in [1.54, 1.807) is 36.4 Å². The van der Waals surface area contributed by atoms with Crippen molar-refractivity contribution in [3.63, 3.8) is 0 Å². The Labute approximate surface area is 274 Å². The maximum Gasteiger partial charge on any atom is 0.262 e. The van der Waals surface area contributed by atoms with Gasteiger partial charge in [0.2, 0.25) is 17.7 Å². The smallest absolute Gasteiger partial charge is 0.262 e. The molecule has 1 aliphatic heterocycles. The molecule has 0 radical (unpaired) electrons. The van der Waals surface area contributed by atoms with Crippen molar-refractivity contribution in [3.05, 3.63) is 89.4 Å². The number of rotatable bonds is 12. The van der Waals surface area contributed by atoms with Crippen LogP contribution in [0.5, 0.6) is 17.4 Å². The number of carbonyl (C=O) groups excluding carboxylic acids is 2. The van der Waals surface area contributed by atoms with Gasteiger partial charge in [-0.05, 0) is 62.7 Å². The van der Waals surface area contributed by atoms with Gasteiger partial charge in [-0.15, -0.1) is 0 Å². The molecule has 4 aromatic rings. The fourth-order valence-corrected chi connectivity index (χ4v) is 5.17. The minimum absolute atomic E-state index is 0.0352. The van der Waals surface area contributed by atoms with Crippen molar-refractivity contribution in [3.8, 4) is 17.4 Å². The van der Waals surface area contributed by atoms with Crippen LogP contribution in [0.2, 0.25) is 0 Å². The minimum Gasteiger partial charge on any atom is -0.490 e. The first-order valence-corrected chi connectivity index (χ1v) is 15.5. The minimum atomic E-state index is -0.523. The number of aryl methyl sites for hydroxylation is 2. The Morgan fingerprint density at radius 3 is 2.40 bits per heavy atom. The van der Waals surface area contributed by atoms with Crippen molar-refractivity contribution in [2.45, 2.75) is 27.2 Å². The second kappa shape index (κ2) is 15.5. The summed E-state index contributed by atoms with van der Waals surface area (Å²) in [5.74, 6) is -0.682. The summed E-state index contributed by atoms with van der Waals surface area (Å²) in [6.45, 7) is 10.7. The summed E-state index contributed by atoms with van der Waals surface area (Å²) in [4.78, 5) is 38.6. The number of halogens is 1. The Morgan fingerprint density at radius 1 is 0.936 bits per heavy atom. The third-order valence-electron chi connectivity index (χ3n) is 7.75. The van der Waals surface area contributed by atoms with Gasteiger partial charge in [-0.1, -0.05) is 24.3 Å². The number of amides is 2. The largest absolute Gasteiger partial charge is 0.490 e. The molecule has 0 atom stereocenters. The molecule has 2 heterocycles. The van der Waals surface area contributed by atoms with Crippen LogP contribution in [-0.2, 0) is 4.79 Å². The predicted molar refractivity (Wildman–Crippen MR) is 180 cm³/mol. The number of para-hydroxylation sites is 1. The van der Waals surface area contributed by atoms with Gasteiger partial charge in [0.05, 0.1) is 6.61 Å². The highest BCUT2D eigenvalue weighted by molar-refractivity contribution is 6.06. The zero-order chi connectivity index (χ0) is 33.3. The number of benzene rings is 3. The van der Waals surface area contributed by atoms with Gasteiger partial charge in [-0.3, -0.25) is 9.59 Å². The second-order valence-corrected chi connectivity index (χ2v) is 11.6. The van der Waals surface area contributed by atoms with Gasteiger partial charge in [-0.2, -0.15) is 4.98 Å². The van der Waals surface area contributed by atoms with Gasteiger partial charge in [0, 0.05) is 75.0 Å². The number of nitrogens with zero attached hydrogens (tertiary/aromatic N) is 4. The number of piperazine rings is 1. The van der Waals surface area contributed by atoms with E-state index in [9.17, 15) is 14.0 Å². The van der Waals surface area contributed by atoms with E-state index < -0.39 is 11.7 Å². The van der Waals surface area contributed by atoms with Gasteiger partial charge < -0.3 is 35.2 Å². The number of ether oxygens (including phenoxy) is 2. The molecule has 5 rings (SSSR count). The highest BCUT2D eigenvalue weighted by atomic mass is 19.1. The van der Waals surface area contributed by atoms with E-state index in [-0.39, 0.29) is 29.0 Å². The molecule has 1 aromatic heterocycles. The fourth-order valence-electron chi connectivity index (χ4n) is 5.17. The van der Waals surface area contributed by atoms with E-state index >= 15 is 0 Å². The summed E-state index contributed by atoms with van der Waals surface area (Å²) in [7, 11) is 2.12. The molecule has 0 saturated carbocycles. The molecule has 0 spiro atoms. The first kappa shape index (κ1) is 33.3.